The molecule has 0 aliphatic carbocycles. The van der Waals surface area contributed by atoms with E-state index >= 15 is 0 Å². The third kappa shape index (κ3) is 34.5. The minimum Gasteiger partial charge on any atom is -0.394 e. The normalized spacial score (nSPS) is 13.6. The van der Waals surface area contributed by atoms with E-state index in [0.717, 1.165) is 44.3 Å². The summed E-state index contributed by atoms with van der Waals surface area (Å²) in [7, 11) is 0. The summed E-state index contributed by atoms with van der Waals surface area (Å²) in [5, 5.41) is 31.0. The number of rotatable bonds is 47. The molecule has 14 heteroatoms. The van der Waals surface area contributed by atoms with Crippen LogP contribution >= 0.6 is 11.8 Å². The maximum absolute atomic E-state index is 13.8. The van der Waals surface area contributed by atoms with Gasteiger partial charge in [-0.2, -0.15) is 11.8 Å². The molecule has 0 aliphatic heterocycles. The van der Waals surface area contributed by atoms with Crippen molar-refractivity contribution in [3.05, 3.63) is 35.9 Å². The fourth-order valence-corrected chi connectivity index (χ4v) is 9.29. The Labute approximate surface area is 423 Å². The zero-order chi connectivity index (χ0) is 51.5. The summed E-state index contributed by atoms with van der Waals surface area (Å²) in [6.45, 7) is 4.22. The lowest BCUT2D eigenvalue weighted by atomic mass is 10.0. The van der Waals surface area contributed by atoms with Crippen LogP contribution in [0.15, 0.2) is 30.3 Å². The number of aliphatic hydroxyl groups is 2. The van der Waals surface area contributed by atoms with Gasteiger partial charge in [-0.25, -0.2) is 0 Å². The van der Waals surface area contributed by atoms with Crippen LogP contribution in [-0.2, 0) is 35.2 Å². The molecular formula is C55H97N5O8S. The van der Waals surface area contributed by atoms with E-state index in [9.17, 15) is 39.0 Å². The van der Waals surface area contributed by atoms with Gasteiger partial charge in [-0.1, -0.05) is 218 Å². The van der Waals surface area contributed by atoms with Crippen LogP contribution in [0.4, 0.5) is 0 Å². The van der Waals surface area contributed by atoms with Gasteiger partial charge in [0.15, 0.2) is 1.41 Å². The van der Waals surface area contributed by atoms with Gasteiger partial charge in [0.1, 0.15) is 30.5 Å². The van der Waals surface area contributed by atoms with Gasteiger partial charge in [-0.05, 0) is 31.1 Å². The number of aliphatic hydroxyl groups excluding tert-OH is 2. The van der Waals surface area contributed by atoms with Crippen molar-refractivity contribution in [3.8, 4) is 0 Å². The highest BCUT2D eigenvalue weighted by atomic mass is 32.2. The van der Waals surface area contributed by atoms with Crippen LogP contribution in [0.5, 0.6) is 0 Å². The zero-order valence-corrected chi connectivity index (χ0v) is 44.1. The summed E-state index contributed by atoms with van der Waals surface area (Å²) in [6, 6.07) is 2.44. The summed E-state index contributed by atoms with van der Waals surface area (Å²) < 4.78 is 8.79. The number of unbranched alkanes of at least 4 members (excludes halogenated alkanes) is 27. The Kier molecular flexibility index (Phi) is 39.7. The van der Waals surface area contributed by atoms with Gasteiger partial charge in [0.25, 0.3) is 0 Å². The first kappa shape index (κ1) is 61.6. The monoisotopic (exact) mass is 989 g/mol. The summed E-state index contributed by atoms with van der Waals surface area (Å²) in [4.78, 5) is 78.4. The maximum atomic E-state index is 13.8. The highest BCUT2D eigenvalue weighted by Gasteiger charge is 2.31. The SMILES string of the molecule is [2H]N(C(=O)CCCCCCCCCCCCCCC)[C@@H](CSCCCCCCCCCCCCCCCCCC)C(=O)N[C@@H](CO)C(=O)N[C@@H](CO)C(=O)N[C@@H](Cc1ccccc1)C(=O)N[C@@H](C)C=O. The molecule has 5 atom stereocenters. The number of benzene rings is 1. The first-order valence-electron chi connectivity index (χ1n) is 27.8. The second-order valence-electron chi connectivity index (χ2n) is 19.1. The number of aldehydes is 1. The number of hydrogen-bond donors (Lipinski definition) is 7. The second kappa shape index (κ2) is 44.5. The predicted molar refractivity (Wildman–Crippen MR) is 283 cm³/mol. The second-order valence-corrected chi connectivity index (χ2v) is 20.2. The van der Waals surface area contributed by atoms with Gasteiger partial charge in [0.05, 0.1) is 19.3 Å². The summed E-state index contributed by atoms with van der Waals surface area (Å²) in [6.07, 6.45) is 36.0. The van der Waals surface area contributed by atoms with Crippen LogP contribution in [0.3, 0.4) is 0 Å². The molecule has 0 fully saturated rings. The van der Waals surface area contributed by atoms with Crippen molar-refractivity contribution in [3.63, 3.8) is 0 Å². The molecule has 0 aliphatic rings. The molecule has 0 aromatic heterocycles. The molecule has 1 aromatic carbocycles. The minimum atomic E-state index is -1.58. The highest BCUT2D eigenvalue weighted by Crippen LogP contribution is 2.17. The molecule has 69 heavy (non-hydrogen) atoms. The van der Waals surface area contributed by atoms with Gasteiger partial charge in [0.2, 0.25) is 29.5 Å². The van der Waals surface area contributed by atoms with Crippen molar-refractivity contribution in [2.24, 2.45) is 0 Å². The van der Waals surface area contributed by atoms with Gasteiger partial charge < -0.3 is 41.6 Å². The summed E-state index contributed by atoms with van der Waals surface area (Å²) in [5.41, 5.74) is 0.707. The van der Waals surface area contributed by atoms with E-state index in [-0.39, 0.29) is 18.6 Å². The molecule has 0 saturated heterocycles. The maximum Gasteiger partial charge on any atom is 0.245 e. The third-order valence-corrected chi connectivity index (χ3v) is 13.8. The van der Waals surface area contributed by atoms with Crippen LogP contribution in [0.1, 0.15) is 219 Å². The molecule has 1 aromatic rings. The first-order valence-corrected chi connectivity index (χ1v) is 28.5. The molecule has 5 amide bonds. The van der Waals surface area contributed by atoms with Crippen molar-refractivity contribution < 1.29 is 40.4 Å². The lowest BCUT2D eigenvalue weighted by Gasteiger charge is -2.25. The van der Waals surface area contributed by atoms with E-state index in [0.29, 0.717) is 23.6 Å². The molecule has 13 nitrogen and oxygen atoms in total. The molecule has 1 rings (SSSR count). The van der Waals surface area contributed by atoms with Crippen molar-refractivity contribution >= 4 is 47.6 Å². The smallest absolute Gasteiger partial charge is 0.245 e. The first-order chi connectivity index (χ1) is 34.0. The van der Waals surface area contributed by atoms with E-state index in [1.807, 2.05) is 0 Å². The topological polar surface area (TPSA) is 203 Å². The largest absolute Gasteiger partial charge is 0.394 e. The van der Waals surface area contributed by atoms with Crippen LogP contribution in [0.25, 0.3) is 0 Å². The van der Waals surface area contributed by atoms with Crippen LogP contribution in [-0.4, -0.2) is 101 Å². The Morgan fingerprint density at radius 1 is 0.522 bits per heavy atom. The van der Waals surface area contributed by atoms with E-state index in [1.165, 1.54) is 160 Å². The number of thioether (sulfide) groups is 1. The van der Waals surface area contributed by atoms with Gasteiger partial charge in [-0.3, -0.25) is 24.0 Å². The molecule has 0 bridgehead atoms. The Bertz CT molecular complexity index is 1510. The predicted octanol–water partition coefficient (Wildman–Crippen LogP) is 9.33. The standard InChI is InChI=1S/C55H97N5O8S/c1-4-6-8-10-12-14-16-18-19-20-22-24-26-28-30-35-39-69-44-50(57-51(64)38-34-29-27-25-23-21-17-15-13-11-9-7-5-2)55(68)60-49(43-63)54(67)59-48(42-62)53(66)58-47(52(65)56-45(3)41-61)40-46-36-32-31-33-37-46/h31-33,36-37,41,45,47-50,62-63H,4-30,34-35,38-40,42-44H2,1-3H3,(H,56,65)(H,57,64)(H,58,66)(H,59,67)(H,60,68)/t45-,47-,48-,49-,50-/m0/s1/i/hD. The van der Waals surface area contributed by atoms with E-state index in [1.54, 1.807) is 30.3 Å². The quantitative estimate of drug-likeness (QED) is 0.0245. The van der Waals surface area contributed by atoms with Crippen LogP contribution < -0.4 is 26.6 Å². The van der Waals surface area contributed by atoms with Crippen molar-refractivity contribution in [1.82, 2.24) is 26.6 Å². The molecule has 0 spiro atoms. The molecule has 7 N–H and O–H groups in total. The Balaban J connectivity index is 2.78. The Hall–Kier alpha value is -3.49. The molecule has 0 saturated carbocycles. The van der Waals surface area contributed by atoms with Crippen molar-refractivity contribution in [2.45, 2.75) is 250 Å². The Morgan fingerprint density at radius 2 is 0.884 bits per heavy atom. The number of nitrogens with one attached hydrogen (secondary N) is 5. The molecule has 0 heterocycles. The van der Waals surface area contributed by atoms with E-state index in [2.05, 4.69) is 35.1 Å². The van der Waals surface area contributed by atoms with Crippen LogP contribution in [0, 0.1) is 0 Å². The zero-order valence-electron chi connectivity index (χ0n) is 44.3. The molecule has 0 radical (unpaired) electrons. The lowest BCUT2D eigenvalue weighted by Crippen LogP contribution is -2.60. The molecular weight excluding hydrogens is 891 g/mol. The highest BCUT2D eigenvalue weighted by molar-refractivity contribution is 7.99. The van der Waals surface area contributed by atoms with Gasteiger partial charge in [0, 0.05) is 18.6 Å². The fourth-order valence-electron chi connectivity index (χ4n) is 8.27. The third-order valence-electron chi connectivity index (χ3n) is 12.6. The summed E-state index contributed by atoms with van der Waals surface area (Å²) in [5.74, 6) is -2.99. The van der Waals surface area contributed by atoms with Gasteiger partial charge >= 0.3 is 0 Å². The lowest BCUT2D eigenvalue weighted by molar-refractivity contribution is -0.135. The van der Waals surface area contributed by atoms with E-state index < -0.39 is 73.0 Å². The average molecular weight is 989 g/mol. The average Bonchev–Trinajstić information content (AvgIpc) is 3.36. The number of carbonyl (C=O) groups is 6. The number of carbonyl (C=O) groups excluding carboxylic acids is 6. The minimum absolute atomic E-state index is 0.0476. The van der Waals surface area contributed by atoms with E-state index in [4.69, 9.17) is 1.41 Å². The van der Waals surface area contributed by atoms with Crippen molar-refractivity contribution in [1.29, 1.82) is 0 Å². The molecule has 396 valence electrons. The Morgan fingerprint density at radius 3 is 1.29 bits per heavy atom. The van der Waals surface area contributed by atoms with Crippen LogP contribution in [0.2, 0.25) is 1.41 Å². The molecule has 0 unspecified atom stereocenters. The fraction of sp³-hybridized carbons (Fsp3) is 0.782. The number of amides is 5. The number of hydrogen-bond acceptors (Lipinski definition) is 9. The van der Waals surface area contributed by atoms with Crippen molar-refractivity contribution in [2.75, 3.05) is 24.7 Å². The summed E-state index contributed by atoms with van der Waals surface area (Å²) >= 11 is 1.47. The van der Waals surface area contributed by atoms with Gasteiger partial charge in [-0.15, -0.1) is 0 Å².